The van der Waals surface area contributed by atoms with Gasteiger partial charge in [0.1, 0.15) is 0 Å². The molecule has 1 heterocycles. The SMILES string of the molecule is CC(C)C(=O)[C@H]1CCCCN1C. The third-order valence-corrected chi connectivity index (χ3v) is 2.67. The fourth-order valence-corrected chi connectivity index (χ4v) is 1.82. The van der Waals surface area contributed by atoms with Gasteiger partial charge in [-0.15, -0.1) is 0 Å². The van der Waals surface area contributed by atoms with Crippen LogP contribution in [0, 0.1) is 5.92 Å². The Kier molecular flexibility index (Phi) is 3.27. The first-order valence-corrected chi connectivity index (χ1v) is 4.87. The highest BCUT2D eigenvalue weighted by Gasteiger charge is 2.26. The second kappa shape index (κ2) is 4.04. The van der Waals surface area contributed by atoms with Gasteiger partial charge in [0.2, 0.25) is 0 Å². The molecule has 0 amide bonds. The second-order valence-corrected chi connectivity index (χ2v) is 4.05. The maximum absolute atomic E-state index is 11.7. The summed E-state index contributed by atoms with van der Waals surface area (Å²) in [6.45, 7) is 5.07. The van der Waals surface area contributed by atoms with E-state index in [1.807, 2.05) is 13.8 Å². The highest BCUT2D eigenvalue weighted by molar-refractivity contribution is 5.85. The number of nitrogens with zero attached hydrogens (tertiary/aromatic N) is 1. The van der Waals surface area contributed by atoms with E-state index in [-0.39, 0.29) is 12.0 Å². The van der Waals surface area contributed by atoms with Crippen LogP contribution in [0.1, 0.15) is 33.1 Å². The number of likely N-dealkylation sites (N-methyl/N-ethyl adjacent to an activating group) is 1. The minimum Gasteiger partial charge on any atom is -0.298 e. The Bertz CT molecular complexity index is 165. The molecular formula is C10H19NO. The molecule has 1 saturated heterocycles. The monoisotopic (exact) mass is 169 g/mol. The quantitative estimate of drug-likeness (QED) is 0.627. The topological polar surface area (TPSA) is 20.3 Å². The zero-order chi connectivity index (χ0) is 9.14. The normalized spacial score (nSPS) is 26.2. The summed E-state index contributed by atoms with van der Waals surface area (Å²) < 4.78 is 0. The summed E-state index contributed by atoms with van der Waals surface area (Å²) in [6.07, 6.45) is 3.53. The number of carbonyl (C=O) groups excluding carboxylic acids is 1. The largest absolute Gasteiger partial charge is 0.298 e. The van der Waals surface area contributed by atoms with E-state index < -0.39 is 0 Å². The molecule has 0 radical (unpaired) electrons. The van der Waals surface area contributed by atoms with Gasteiger partial charge in [-0.3, -0.25) is 9.69 Å². The summed E-state index contributed by atoms with van der Waals surface area (Å²) in [5, 5.41) is 0. The summed E-state index contributed by atoms with van der Waals surface area (Å²) in [6, 6.07) is 0.207. The molecule has 1 atom stereocenters. The van der Waals surface area contributed by atoms with Crippen LogP contribution in [0.2, 0.25) is 0 Å². The fourth-order valence-electron chi connectivity index (χ4n) is 1.82. The number of Topliss-reactive ketones (excluding diaryl/α,β-unsaturated/α-hetero) is 1. The number of ketones is 1. The van der Waals surface area contributed by atoms with Crippen LogP contribution < -0.4 is 0 Å². The minimum absolute atomic E-state index is 0.190. The molecule has 1 rings (SSSR count). The number of rotatable bonds is 2. The van der Waals surface area contributed by atoms with Gasteiger partial charge in [0.15, 0.2) is 5.78 Å². The van der Waals surface area contributed by atoms with E-state index in [0.717, 1.165) is 13.0 Å². The molecular weight excluding hydrogens is 150 g/mol. The van der Waals surface area contributed by atoms with Crippen LogP contribution in [0.15, 0.2) is 0 Å². The van der Waals surface area contributed by atoms with Crippen LogP contribution in [0.4, 0.5) is 0 Å². The molecule has 70 valence electrons. The lowest BCUT2D eigenvalue weighted by Crippen LogP contribution is -2.43. The second-order valence-electron chi connectivity index (χ2n) is 4.05. The van der Waals surface area contributed by atoms with Gasteiger partial charge in [-0.2, -0.15) is 0 Å². The molecule has 0 N–H and O–H groups in total. The molecule has 2 heteroatoms. The Labute approximate surface area is 74.9 Å². The molecule has 0 spiro atoms. The lowest BCUT2D eigenvalue weighted by molar-refractivity contribution is -0.127. The van der Waals surface area contributed by atoms with Gasteiger partial charge in [-0.25, -0.2) is 0 Å². The molecule has 0 aromatic heterocycles. The third-order valence-electron chi connectivity index (χ3n) is 2.67. The number of piperidine rings is 1. The highest BCUT2D eigenvalue weighted by atomic mass is 16.1. The van der Waals surface area contributed by atoms with Gasteiger partial charge in [-0.1, -0.05) is 20.3 Å². The zero-order valence-corrected chi connectivity index (χ0v) is 8.34. The van der Waals surface area contributed by atoms with Crippen molar-refractivity contribution in [3.63, 3.8) is 0 Å². The van der Waals surface area contributed by atoms with E-state index in [4.69, 9.17) is 0 Å². The number of carbonyl (C=O) groups is 1. The minimum atomic E-state index is 0.190. The van der Waals surface area contributed by atoms with Gasteiger partial charge >= 0.3 is 0 Å². The summed E-state index contributed by atoms with van der Waals surface area (Å²) >= 11 is 0. The Morgan fingerprint density at radius 2 is 2.08 bits per heavy atom. The first-order valence-electron chi connectivity index (χ1n) is 4.87. The van der Waals surface area contributed by atoms with Gasteiger partial charge < -0.3 is 0 Å². The van der Waals surface area contributed by atoms with Crippen LogP contribution in [0.25, 0.3) is 0 Å². The third kappa shape index (κ3) is 2.07. The van der Waals surface area contributed by atoms with E-state index >= 15 is 0 Å². The number of likely N-dealkylation sites (tertiary alicyclic amines) is 1. The van der Waals surface area contributed by atoms with Crippen LogP contribution in [0.3, 0.4) is 0 Å². The molecule has 0 aliphatic carbocycles. The number of hydrogen-bond acceptors (Lipinski definition) is 2. The Balaban J connectivity index is 2.53. The van der Waals surface area contributed by atoms with Gasteiger partial charge in [-0.05, 0) is 26.4 Å². The molecule has 12 heavy (non-hydrogen) atoms. The molecule has 0 saturated carbocycles. The molecule has 0 bridgehead atoms. The van der Waals surface area contributed by atoms with Crippen LogP contribution in [0.5, 0.6) is 0 Å². The van der Waals surface area contributed by atoms with Crippen molar-refractivity contribution < 1.29 is 4.79 Å². The summed E-state index contributed by atoms with van der Waals surface area (Å²) in [7, 11) is 2.06. The van der Waals surface area contributed by atoms with Gasteiger partial charge in [0.05, 0.1) is 6.04 Å². The molecule has 0 aromatic carbocycles. The molecule has 0 aromatic rings. The van der Waals surface area contributed by atoms with Crippen LogP contribution >= 0.6 is 0 Å². The van der Waals surface area contributed by atoms with E-state index in [1.54, 1.807) is 0 Å². The Morgan fingerprint density at radius 3 is 2.58 bits per heavy atom. The summed E-state index contributed by atoms with van der Waals surface area (Å²) in [5.74, 6) is 0.604. The van der Waals surface area contributed by atoms with Crippen molar-refractivity contribution in [1.29, 1.82) is 0 Å². The summed E-state index contributed by atoms with van der Waals surface area (Å²) in [4.78, 5) is 13.9. The predicted molar refractivity (Wildman–Crippen MR) is 50.1 cm³/mol. The lowest BCUT2D eigenvalue weighted by atomic mass is 9.93. The van der Waals surface area contributed by atoms with E-state index in [0.29, 0.717) is 5.78 Å². The van der Waals surface area contributed by atoms with Gasteiger partial charge in [0.25, 0.3) is 0 Å². The lowest BCUT2D eigenvalue weighted by Gasteiger charge is -2.32. The maximum Gasteiger partial charge on any atom is 0.152 e. The Hall–Kier alpha value is -0.370. The zero-order valence-electron chi connectivity index (χ0n) is 8.34. The molecule has 1 aliphatic rings. The van der Waals surface area contributed by atoms with Crippen molar-refractivity contribution in [3.8, 4) is 0 Å². The van der Waals surface area contributed by atoms with Crippen molar-refractivity contribution in [2.45, 2.75) is 39.2 Å². The average Bonchev–Trinajstić information content (AvgIpc) is 2.04. The van der Waals surface area contributed by atoms with Crippen molar-refractivity contribution in [2.75, 3.05) is 13.6 Å². The van der Waals surface area contributed by atoms with Crippen molar-refractivity contribution >= 4 is 5.78 Å². The highest BCUT2D eigenvalue weighted by Crippen LogP contribution is 2.18. The molecule has 2 nitrogen and oxygen atoms in total. The molecule has 0 unspecified atom stereocenters. The standard InChI is InChI=1S/C10H19NO/c1-8(2)10(12)9-6-4-5-7-11(9)3/h8-9H,4-7H2,1-3H3/t9-/m1/s1. The molecule has 1 fully saturated rings. The van der Waals surface area contributed by atoms with Crippen molar-refractivity contribution in [2.24, 2.45) is 5.92 Å². The fraction of sp³-hybridized carbons (Fsp3) is 0.900. The van der Waals surface area contributed by atoms with E-state index in [1.165, 1.54) is 12.8 Å². The van der Waals surface area contributed by atoms with Gasteiger partial charge in [0, 0.05) is 5.92 Å². The van der Waals surface area contributed by atoms with Crippen molar-refractivity contribution in [1.82, 2.24) is 4.90 Å². The maximum atomic E-state index is 11.7. The van der Waals surface area contributed by atoms with E-state index in [2.05, 4.69) is 11.9 Å². The molecule has 1 aliphatic heterocycles. The van der Waals surface area contributed by atoms with Crippen LogP contribution in [-0.4, -0.2) is 30.3 Å². The van der Waals surface area contributed by atoms with Crippen LogP contribution in [-0.2, 0) is 4.79 Å². The first-order chi connectivity index (χ1) is 5.63. The summed E-state index contributed by atoms with van der Waals surface area (Å²) in [5.41, 5.74) is 0. The predicted octanol–water partition coefficient (Wildman–Crippen LogP) is 1.70. The number of hydrogen-bond donors (Lipinski definition) is 0. The average molecular weight is 169 g/mol. The Morgan fingerprint density at radius 1 is 1.42 bits per heavy atom. The first kappa shape index (κ1) is 9.72. The van der Waals surface area contributed by atoms with E-state index in [9.17, 15) is 4.79 Å². The van der Waals surface area contributed by atoms with Crippen molar-refractivity contribution in [3.05, 3.63) is 0 Å². The smallest absolute Gasteiger partial charge is 0.152 e.